The molecule has 0 bridgehead atoms. The zero-order valence-electron chi connectivity index (χ0n) is 30.9. The Morgan fingerprint density at radius 1 is 0.263 bits per heavy atom. The quantitative estimate of drug-likeness (QED) is 0.166. The highest BCUT2D eigenvalue weighted by Crippen LogP contribution is 2.62. The van der Waals surface area contributed by atoms with Crippen LogP contribution < -0.4 is 0 Å². The summed E-state index contributed by atoms with van der Waals surface area (Å²) in [6.07, 6.45) is 0. The third kappa shape index (κ3) is 4.69. The van der Waals surface area contributed by atoms with Gasteiger partial charge in [0.1, 0.15) is 0 Å². The zero-order valence-corrected chi connectivity index (χ0v) is 30.9. The highest BCUT2D eigenvalue weighted by Gasteiger charge is 2.50. The summed E-state index contributed by atoms with van der Waals surface area (Å²) in [5.41, 5.74) is 15.1. The molecule has 2 aliphatic rings. The number of fused-ring (bicyclic) bond motifs is 7. The molecule has 0 fully saturated rings. The van der Waals surface area contributed by atoms with Crippen molar-refractivity contribution in [3.05, 3.63) is 222 Å². The molecule has 3 nitrogen and oxygen atoms in total. The van der Waals surface area contributed by atoms with E-state index in [9.17, 15) is 0 Å². The summed E-state index contributed by atoms with van der Waals surface area (Å²) in [5.74, 6) is 1.94. The molecule has 12 rings (SSSR count). The van der Waals surface area contributed by atoms with E-state index in [0.29, 0.717) is 17.5 Å². The van der Waals surface area contributed by atoms with Gasteiger partial charge in [0.15, 0.2) is 17.5 Å². The second kappa shape index (κ2) is 12.3. The van der Waals surface area contributed by atoms with Gasteiger partial charge in [0.25, 0.3) is 0 Å². The van der Waals surface area contributed by atoms with E-state index in [1.165, 1.54) is 60.5 Å². The molecule has 9 aromatic carbocycles. The first kappa shape index (κ1) is 31.8. The average molecular weight is 724 g/mol. The van der Waals surface area contributed by atoms with Gasteiger partial charge in [-0.2, -0.15) is 0 Å². The third-order valence-electron chi connectivity index (χ3n) is 12.1. The Morgan fingerprint density at radius 2 is 0.702 bits per heavy atom. The van der Waals surface area contributed by atoms with E-state index in [4.69, 9.17) is 15.0 Å². The van der Waals surface area contributed by atoms with Crippen LogP contribution in [0.4, 0.5) is 0 Å². The summed E-state index contributed by atoms with van der Waals surface area (Å²) < 4.78 is 0. The SMILES string of the molecule is c1ccc(-c2cccc(-c3nc(-c4ccccc4)nc(-c4ccc(-c5ccc6c(c5)-c5ccccc5C65c6cccc7ccc8cccc5c8c67)cc4)n3)c2)cc1. The van der Waals surface area contributed by atoms with Crippen molar-refractivity contribution < 1.29 is 0 Å². The zero-order chi connectivity index (χ0) is 37.5. The van der Waals surface area contributed by atoms with Crippen LogP contribution in [0.25, 0.3) is 89.1 Å². The van der Waals surface area contributed by atoms with Gasteiger partial charge in [-0.25, -0.2) is 15.0 Å². The van der Waals surface area contributed by atoms with Crippen molar-refractivity contribution in [2.75, 3.05) is 0 Å². The molecule has 0 aliphatic heterocycles. The number of benzene rings is 9. The minimum Gasteiger partial charge on any atom is -0.208 e. The fourth-order valence-corrected chi connectivity index (χ4v) is 9.60. The lowest BCUT2D eigenvalue weighted by Gasteiger charge is -2.30. The maximum Gasteiger partial charge on any atom is 0.164 e. The Hall–Kier alpha value is -7.49. The average Bonchev–Trinajstić information content (AvgIpc) is 3.77. The van der Waals surface area contributed by atoms with E-state index in [1.54, 1.807) is 0 Å². The molecule has 264 valence electrons. The lowest BCUT2D eigenvalue weighted by atomic mass is 9.70. The predicted molar refractivity (Wildman–Crippen MR) is 233 cm³/mol. The lowest BCUT2D eigenvalue weighted by molar-refractivity contribution is 0.797. The van der Waals surface area contributed by atoms with Crippen LogP contribution in [0.3, 0.4) is 0 Å². The van der Waals surface area contributed by atoms with Crippen LogP contribution in [-0.4, -0.2) is 15.0 Å². The minimum atomic E-state index is -0.357. The number of rotatable bonds is 5. The van der Waals surface area contributed by atoms with E-state index < -0.39 is 0 Å². The molecule has 0 N–H and O–H groups in total. The number of hydrogen-bond acceptors (Lipinski definition) is 3. The van der Waals surface area contributed by atoms with Crippen LogP contribution in [0, 0.1) is 0 Å². The van der Waals surface area contributed by atoms with Gasteiger partial charge < -0.3 is 0 Å². The number of aromatic nitrogens is 3. The van der Waals surface area contributed by atoms with Gasteiger partial charge in [-0.05, 0) is 89.3 Å². The largest absolute Gasteiger partial charge is 0.208 e. The van der Waals surface area contributed by atoms with E-state index in [0.717, 1.165) is 33.4 Å². The van der Waals surface area contributed by atoms with Gasteiger partial charge in [-0.15, -0.1) is 0 Å². The predicted octanol–water partition coefficient (Wildman–Crippen LogP) is 13.2. The second-order valence-corrected chi connectivity index (χ2v) is 15.1. The Kier molecular flexibility index (Phi) is 6.84. The van der Waals surface area contributed by atoms with Gasteiger partial charge in [0.2, 0.25) is 0 Å². The summed E-state index contributed by atoms with van der Waals surface area (Å²) in [5, 5.41) is 5.37. The Morgan fingerprint density at radius 3 is 1.39 bits per heavy atom. The highest BCUT2D eigenvalue weighted by atomic mass is 15.0. The first-order valence-corrected chi connectivity index (χ1v) is 19.5. The van der Waals surface area contributed by atoms with Crippen molar-refractivity contribution in [2.24, 2.45) is 0 Å². The molecule has 1 heterocycles. The monoisotopic (exact) mass is 723 g/mol. The Bertz CT molecular complexity index is 3160. The molecule has 0 atom stereocenters. The maximum absolute atomic E-state index is 5.08. The fraction of sp³-hybridized carbons (Fsp3) is 0.0185. The Labute approximate surface area is 330 Å². The van der Waals surface area contributed by atoms with Crippen molar-refractivity contribution >= 4 is 21.5 Å². The van der Waals surface area contributed by atoms with Crippen LogP contribution in [0.2, 0.25) is 0 Å². The van der Waals surface area contributed by atoms with Gasteiger partial charge in [0, 0.05) is 16.7 Å². The summed E-state index contributed by atoms with van der Waals surface area (Å²) in [6, 6.07) is 72.0. The van der Waals surface area contributed by atoms with Gasteiger partial charge in [-0.3, -0.25) is 0 Å². The second-order valence-electron chi connectivity index (χ2n) is 15.1. The molecular formula is C54H33N3. The van der Waals surface area contributed by atoms with Crippen LogP contribution >= 0.6 is 0 Å². The third-order valence-corrected chi connectivity index (χ3v) is 12.1. The van der Waals surface area contributed by atoms with Gasteiger partial charge in [-0.1, -0.05) is 188 Å². The van der Waals surface area contributed by atoms with Crippen LogP contribution in [0.1, 0.15) is 22.3 Å². The van der Waals surface area contributed by atoms with Crippen molar-refractivity contribution in [2.45, 2.75) is 5.41 Å². The van der Waals surface area contributed by atoms with Crippen LogP contribution in [-0.2, 0) is 5.41 Å². The summed E-state index contributed by atoms with van der Waals surface area (Å²) in [4.78, 5) is 15.1. The Balaban J connectivity index is 0.962. The summed E-state index contributed by atoms with van der Waals surface area (Å²) in [6.45, 7) is 0. The highest BCUT2D eigenvalue weighted by molar-refractivity contribution is 6.17. The van der Waals surface area contributed by atoms with Crippen molar-refractivity contribution in [1.82, 2.24) is 15.0 Å². The smallest absolute Gasteiger partial charge is 0.164 e. The topological polar surface area (TPSA) is 38.7 Å². The number of nitrogens with zero attached hydrogens (tertiary/aromatic N) is 3. The molecule has 2 aliphatic carbocycles. The van der Waals surface area contributed by atoms with E-state index >= 15 is 0 Å². The lowest BCUT2D eigenvalue weighted by Crippen LogP contribution is -2.26. The molecule has 0 saturated heterocycles. The normalized spacial score (nSPS) is 13.1. The maximum atomic E-state index is 5.08. The minimum absolute atomic E-state index is 0.357. The molecule has 57 heavy (non-hydrogen) atoms. The first-order chi connectivity index (χ1) is 28.2. The van der Waals surface area contributed by atoms with E-state index in [-0.39, 0.29) is 5.41 Å². The van der Waals surface area contributed by atoms with E-state index in [2.05, 4.69) is 164 Å². The molecule has 1 spiro atoms. The molecule has 0 unspecified atom stereocenters. The summed E-state index contributed by atoms with van der Waals surface area (Å²) >= 11 is 0. The van der Waals surface area contributed by atoms with Crippen molar-refractivity contribution in [3.63, 3.8) is 0 Å². The standard InChI is InChI=1S/C54H33N3/c1-3-12-34(13-4-1)40-18-9-19-42(32-40)53-56-51(38-14-5-2-6-15-38)55-52(57-53)39-28-24-35(25-29-39)41-30-31-46-44(33-41)43-20-7-8-21-45(43)54(46)47-22-10-16-36-26-27-37-17-11-23-48(54)50(37)49(36)47/h1-33H. The molecular weight excluding hydrogens is 691 g/mol. The van der Waals surface area contributed by atoms with Crippen LogP contribution in [0.5, 0.6) is 0 Å². The van der Waals surface area contributed by atoms with Gasteiger partial charge in [0.05, 0.1) is 5.41 Å². The summed E-state index contributed by atoms with van der Waals surface area (Å²) in [7, 11) is 0. The van der Waals surface area contributed by atoms with Crippen molar-refractivity contribution in [1.29, 1.82) is 0 Å². The molecule has 10 aromatic rings. The van der Waals surface area contributed by atoms with E-state index in [1.807, 2.05) is 36.4 Å². The van der Waals surface area contributed by atoms with Gasteiger partial charge >= 0.3 is 0 Å². The van der Waals surface area contributed by atoms with Crippen LogP contribution in [0.15, 0.2) is 200 Å². The molecule has 0 saturated carbocycles. The molecule has 0 amide bonds. The first-order valence-electron chi connectivity index (χ1n) is 19.5. The van der Waals surface area contributed by atoms with Crippen molar-refractivity contribution in [3.8, 4) is 67.5 Å². The molecule has 1 aromatic heterocycles. The molecule has 3 heteroatoms. The fourth-order valence-electron chi connectivity index (χ4n) is 9.60. The molecule has 0 radical (unpaired) electrons. The number of hydrogen-bond donors (Lipinski definition) is 0.